The third-order valence-electron chi connectivity index (χ3n) is 4.27. The predicted molar refractivity (Wildman–Crippen MR) is 73.5 cm³/mol. The second-order valence-electron chi connectivity index (χ2n) is 5.81. The highest BCUT2D eigenvalue weighted by atomic mass is 16.2. The molecule has 4 nitrogen and oxygen atoms in total. The van der Waals surface area contributed by atoms with Crippen LogP contribution in [-0.2, 0) is 4.79 Å². The number of piperazine rings is 1. The summed E-state index contributed by atoms with van der Waals surface area (Å²) >= 11 is 0. The highest BCUT2D eigenvalue weighted by Crippen LogP contribution is 2.27. The van der Waals surface area contributed by atoms with Crippen LogP contribution >= 0.6 is 0 Å². The van der Waals surface area contributed by atoms with Crippen molar-refractivity contribution < 1.29 is 4.79 Å². The molecule has 4 heteroatoms. The maximum atomic E-state index is 12.1. The molecule has 0 aromatic carbocycles. The van der Waals surface area contributed by atoms with Crippen molar-refractivity contribution in [3.63, 3.8) is 0 Å². The van der Waals surface area contributed by atoms with E-state index in [1.807, 2.05) is 4.90 Å². The molecule has 1 amide bonds. The normalized spacial score (nSPS) is 21.8. The third kappa shape index (κ3) is 4.25. The van der Waals surface area contributed by atoms with Crippen LogP contribution in [0, 0.1) is 5.92 Å². The lowest BCUT2D eigenvalue weighted by molar-refractivity contribution is -0.132. The van der Waals surface area contributed by atoms with Crippen molar-refractivity contribution in [1.82, 2.24) is 15.1 Å². The van der Waals surface area contributed by atoms with Crippen molar-refractivity contribution in [2.24, 2.45) is 5.92 Å². The van der Waals surface area contributed by atoms with Crippen LogP contribution in [0.25, 0.3) is 0 Å². The number of rotatable bonds is 5. The number of carbonyl (C=O) groups is 1. The lowest BCUT2D eigenvalue weighted by Gasteiger charge is -2.29. The van der Waals surface area contributed by atoms with Gasteiger partial charge in [-0.2, -0.15) is 0 Å². The number of carbonyl (C=O) groups excluding carboxylic acids is 1. The average molecular weight is 253 g/mol. The van der Waals surface area contributed by atoms with Crippen molar-refractivity contribution in [2.75, 3.05) is 46.3 Å². The largest absolute Gasteiger partial charge is 0.339 e. The van der Waals surface area contributed by atoms with Crippen LogP contribution in [0.2, 0.25) is 0 Å². The van der Waals surface area contributed by atoms with Crippen molar-refractivity contribution in [3.05, 3.63) is 0 Å². The Balaban J connectivity index is 1.62. The fourth-order valence-corrected chi connectivity index (χ4v) is 3.03. The third-order valence-corrected chi connectivity index (χ3v) is 4.27. The van der Waals surface area contributed by atoms with E-state index in [2.05, 4.69) is 17.3 Å². The first kappa shape index (κ1) is 13.8. The first-order chi connectivity index (χ1) is 8.75. The number of amides is 1. The van der Waals surface area contributed by atoms with E-state index < -0.39 is 0 Å². The Morgan fingerprint density at radius 2 is 1.94 bits per heavy atom. The maximum Gasteiger partial charge on any atom is 0.236 e. The SMILES string of the molecule is CN(CCC1CCCC1)CC(=O)N1CCNCC1. The predicted octanol–water partition coefficient (Wildman–Crippen LogP) is 0.930. The van der Waals surface area contributed by atoms with Crippen molar-refractivity contribution in [2.45, 2.75) is 32.1 Å². The van der Waals surface area contributed by atoms with E-state index in [0.29, 0.717) is 12.5 Å². The van der Waals surface area contributed by atoms with Gasteiger partial charge in [0.2, 0.25) is 5.91 Å². The summed E-state index contributed by atoms with van der Waals surface area (Å²) < 4.78 is 0. The Labute approximate surface area is 111 Å². The van der Waals surface area contributed by atoms with E-state index in [9.17, 15) is 4.79 Å². The van der Waals surface area contributed by atoms with Gasteiger partial charge in [0.05, 0.1) is 6.54 Å². The van der Waals surface area contributed by atoms with E-state index in [0.717, 1.165) is 38.6 Å². The van der Waals surface area contributed by atoms with E-state index in [4.69, 9.17) is 0 Å². The number of hydrogen-bond acceptors (Lipinski definition) is 3. The molecular weight excluding hydrogens is 226 g/mol. The molecule has 0 aromatic rings. The smallest absolute Gasteiger partial charge is 0.236 e. The maximum absolute atomic E-state index is 12.1. The van der Waals surface area contributed by atoms with Crippen LogP contribution < -0.4 is 5.32 Å². The zero-order valence-electron chi connectivity index (χ0n) is 11.7. The Morgan fingerprint density at radius 1 is 1.28 bits per heavy atom. The standard InChI is InChI=1S/C14H27N3O/c1-16(9-6-13-4-2-3-5-13)12-14(18)17-10-7-15-8-11-17/h13,15H,2-12H2,1H3. The molecule has 1 aliphatic heterocycles. The van der Waals surface area contributed by atoms with Gasteiger partial charge >= 0.3 is 0 Å². The Bertz CT molecular complexity index is 258. The lowest BCUT2D eigenvalue weighted by Crippen LogP contribution is -2.49. The molecule has 0 spiro atoms. The zero-order chi connectivity index (χ0) is 12.8. The molecule has 1 saturated carbocycles. The van der Waals surface area contributed by atoms with E-state index in [-0.39, 0.29) is 0 Å². The van der Waals surface area contributed by atoms with Crippen LogP contribution in [0.1, 0.15) is 32.1 Å². The Hall–Kier alpha value is -0.610. The van der Waals surface area contributed by atoms with Gasteiger partial charge in [0.25, 0.3) is 0 Å². The molecule has 0 radical (unpaired) electrons. The second-order valence-corrected chi connectivity index (χ2v) is 5.81. The molecule has 2 rings (SSSR count). The van der Waals surface area contributed by atoms with Gasteiger partial charge in [-0.3, -0.25) is 9.69 Å². The van der Waals surface area contributed by atoms with Crippen molar-refractivity contribution >= 4 is 5.91 Å². The van der Waals surface area contributed by atoms with Gasteiger partial charge in [-0.25, -0.2) is 0 Å². The second kappa shape index (κ2) is 7.10. The number of nitrogens with zero attached hydrogens (tertiary/aromatic N) is 2. The van der Waals surface area contributed by atoms with Crippen molar-refractivity contribution in [3.8, 4) is 0 Å². The summed E-state index contributed by atoms with van der Waals surface area (Å²) in [7, 11) is 2.08. The summed E-state index contributed by atoms with van der Waals surface area (Å²) in [6, 6.07) is 0. The molecule has 2 fully saturated rings. The van der Waals surface area contributed by atoms with Gasteiger partial charge in [-0.15, -0.1) is 0 Å². The molecule has 1 saturated heterocycles. The topological polar surface area (TPSA) is 35.6 Å². The molecule has 18 heavy (non-hydrogen) atoms. The minimum absolute atomic E-state index is 0.297. The summed E-state index contributed by atoms with van der Waals surface area (Å²) in [6.45, 7) is 5.29. The summed E-state index contributed by atoms with van der Waals surface area (Å²) in [5.74, 6) is 1.21. The fourth-order valence-electron chi connectivity index (χ4n) is 3.03. The molecule has 104 valence electrons. The quantitative estimate of drug-likeness (QED) is 0.792. The summed E-state index contributed by atoms with van der Waals surface area (Å²) in [6.07, 6.45) is 6.90. The van der Waals surface area contributed by atoms with Crippen molar-refractivity contribution in [1.29, 1.82) is 0 Å². The van der Waals surface area contributed by atoms with Gasteiger partial charge in [0.15, 0.2) is 0 Å². The van der Waals surface area contributed by atoms with Gasteiger partial charge < -0.3 is 10.2 Å². The fraction of sp³-hybridized carbons (Fsp3) is 0.929. The minimum Gasteiger partial charge on any atom is -0.339 e. The molecule has 0 aromatic heterocycles. The summed E-state index contributed by atoms with van der Waals surface area (Å²) in [4.78, 5) is 16.2. The van der Waals surface area contributed by atoms with Crippen LogP contribution in [0.4, 0.5) is 0 Å². The molecule has 1 heterocycles. The van der Waals surface area contributed by atoms with Gasteiger partial charge in [-0.1, -0.05) is 25.7 Å². The van der Waals surface area contributed by atoms with Gasteiger partial charge in [0, 0.05) is 26.2 Å². The van der Waals surface area contributed by atoms with E-state index in [1.165, 1.54) is 32.1 Å². The van der Waals surface area contributed by atoms with Gasteiger partial charge in [-0.05, 0) is 25.9 Å². The Kier molecular flexibility index (Phi) is 5.45. The summed E-state index contributed by atoms with van der Waals surface area (Å²) in [5.41, 5.74) is 0. The zero-order valence-corrected chi connectivity index (χ0v) is 11.7. The molecule has 0 atom stereocenters. The summed E-state index contributed by atoms with van der Waals surface area (Å²) in [5, 5.41) is 3.28. The van der Waals surface area contributed by atoms with Crippen LogP contribution in [0.5, 0.6) is 0 Å². The minimum atomic E-state index is 0.297. The van der Waals surface area contributed by atoms with Crippen LogP contribution in [0.3, 0.4) is 0 Å². The number of hydrogen-bond donors (Lipinski definition) is 1. The highest BCUT2D eigenvalue weighted by Gasteiger charge is 2.19. The monoisotopic (exact) mass is 253 g/mol. The number of likely N-dealkylation sites (N-methyl/N-ethyl adjacent to an activating group) is 1. The first-order valence-corrected chi connectivity index (χ1v) is 7.43. The van der Waals surface area contributed by atoms with E-state index in [1.54, 1.807) is 0 Å². The van der Waals surface area contributed by atoms with Crippen LogP contribution in [-0.4, -0.2) is 62.0 Å². The van der Waals surface area contributed by atoms with Gasteiger partial charge in [0.1, 0.15) is 0 Å². The van der Waals surface area contributed by atoms with E-state index >= 15 is 0 Å². The van der Waals surface area contributed by atoms with Crippen LogP contribution in [0.15, 0.2) is 0 Å². The molecule has 0 unspecified atom stereocenters. The average Bonchev–Trinajstić information content (AvgIpc) is 2.90. The molecule has 0 bridgehead atoms. The Morgan fingerprint density at radius 3 is 2.61 bits per heavy atom. The highest BCUT2D eigenvalue weighted by molar-refractivity contribution is 5.78. The lowest BCUT2D eigenvalue weighted by atomic mass is 10.0. The number of nitrogens with one attached hydrogen (secondary N) is 1. The first-order valence-electron chi connectivity index (χ1n) is 7.43. The molecular formula is C14H27N3O. The molecule has 1 aliphatic carbocycles. The molecule has 2 aliphatic rings. The molecule has 1 N–H and O–H groups in total.